The van der Waals surface area contributed by atoms with Crippen molar-refractivity contribution in [1.29, 1.82) is 0 Å². The van der Waals surface area contributed by atoms with E-state index in [1.807, 2.05) is 0 Å². The first-order chi connectivity index (χ1) is 13.1. The van der Waals surface area contributed by atoms with Crippen LogP contribution in [-0.4, -0.2) is 50.3 Å². The summed E-state index contributed by atoms with van der Waals surface area (Å²) < 4.78 is 18.2. The monoisotopic (exact) mass is 392 g/mol. The van der Waals surface area contributed by atoms with Crippen LogP contribution in [0.4, 0.5) is 15.9 Å². The Bertz CT molecular complexity index is 788. The van der Waals surface area contributed by atoms with E-state index in [-0.39, 0.29) is 17.0 Å². The standard InChI is InChI=1S/C19H22ClFN4O2/c1-27-9-7-22-19(26)13-2-5-18(23-11-13)24-14-6-8-25(12-14)15-3-4-17(21)16(20)10-15/h2-5,10-11,14H,6-9,12H2,1H3,(H,22,26)(H,23,24). The Kier molecular flexibility index (Phi) is 6.47. The van der Waals surface area contributed by atoms with Gasteiger partial charge in [-0.05, 0) is 36.8 Å². The van der Waals surface area contributed by atoms with E-state index in [0.29, 0.717) is 24.5 Å². The normalized spacial score (nSPS) is 16.4. The fraction of sp³-hybridized carbons (Fsp3) is 0.368. The minimum atomic E-state index is -0.412. The zero-order valence-electron chi connectivity index (χ0n) is 15.0. The second-order valence-electron chi connectivity index (χ2n) is 6.36. The molecule has 27 heavy (non-hydrogen) atoms. The van der Waals surface area contributed by atoms with Crippen molar-refractivity contribution in [3.8, 4) is 0 Å². The first kappa shape index (κ1) is 19.4. The fourth-order valence-electron chi connectivity index (χ4n) is 2.99. The Morgan fingerprint density at radius 2 is 2.26 bits per heavy atom. The molecule has 8 heteroatoms. The number of carbonyl (C=O) groups excluding carboxylic acids is 1. The molecule has 1 atom stereocenters. The number of aromatic nitrogens is 1. The number of amides is 1. The molecule has 0 saturated carbocycles. The number of hydrogen-bond donors (Lipinski definition) is 2. The molecule has 144 valence electrons. The number of pyridine rings is 1. The number of nitrogens with zero attached hydrogens (tertiary/aromatic N) is 2. The number of nitrogens with one attached hydrogen (secondary N) is 2. The van der Waals surface area contributed by atoms with E-state index in [2.05, 4.69) is 20.5 Å². The smallest absolute Gasteiger partial charge is 0.252 e. The van der Waals surface area contributed by atoms with Gasteiger partial charge in [-0.2, -0.15) is 0 Å². The van der Waals surface area contributed by atoms with E-state index < -0.39 is 5.82 Å². The lowest BCUT2D eigenvalue weighted by atomic mass is 10.2. The van der Waals surface area contributed by atoms with E-state index in [4.69, 9.17) is 16.3 Å². The summed E-state index contributed by atoms with van der Waals surface area (Å²) >= 11 is 5.87. The summed E-state index contributed by atoms with van der Waals surface area (Å²) in [5.74, 6) is 0.128. The van der Waals surface area contributed by atoms with Crippen LogP contribution in [0, 0.1) is 5.82 Å². The maximum absolute atomic E-state index is 13.3. The molecule has 1 aromatic carbocycles. The molecule has 1 saturated heterocycles. The molecule has 1 aliphatic heterocycles. The van der Waals surface area contributed by atoms with Crippen LogP contribution in [0.2, 0.25) is 5.02 Å². The summed E-state index contributed by atoms with van der Waals surface area (Å²) in [4.78, 5) is 18.4. The molecule has 2 N–H and O–H groups in total. The van der Waals surface area contributed by atoms with Gasteiger partial charge >= 0.3 is 0 Å². The summed E-state index contributed by atoms with van der Waals surface area (Å²) in [6.45, 7) is 2.54. The lowest BCUT2D eigenvalue weighted by molar-refractivity contribution is 0.0937. The molecule has 1 aromatic heterocycles. The van der Waals surface area contributed by atoms with Crippen LogP contribution in [0.5, 0.6) is 0 Å². The van der Waals surface area contributed by atoms with Gasteiger partial charge in [-0.25, -0.2) is 9.37 Å². The Morgan fingerprint density at radius 3 is 2.96 bits per heavy atom. The van der Waals surface area contributed by atoms with Crippen LogP contribution in [-0.2, 0) is 4.74 Å². The van der Waals surface area contributed by atoms with Gasteiger partial charge in [0.25, 0.3) is 5.91 Å². The van der Waals surface area contributed by atoms with Crippen molar-refractivity contribution in [2.45, 2.75) is 12.5 Å². The highest BCUT2D eigenvalue weighted by atomic mass is 35.5. The molecule has 1 amide bonds. The van der Waals surface area contributed by atoms with Gasteiger partial charge in [-0.3, -0.25) is 4.79 Å². The van der Waals surface area contributed by atoms with Gasteiger partial charge in [-0.1, -0.05) is 11.6 Å². The van der Waals surface area contributed by atoms with Crippen molar-refractivity contribution in [2.75, 3.05) is 43.6 Å². The molecule has 2 aromatic rings. The zero-order chi connectivity index (χ0) is 19.2. The van der Waals surface area contributed by atoms with Crippen LogP contribution in [0.1, 0.15) is 16.8 Å². The van der Waals surface area contributed by atoms with Gasteiger partial charge in [0.15, 0.2) is 0 Å². The highest BCUT2D eigenvalue weighted by Gasteiger charge is 2.23. The Morgan fingerprint density at radius 1 is 1.41 bits per heavy atom. The first-order valence-corrected chi connectivity index (χ1v) is 9.14. The van der Waals surface area contributed by atoms with Crippen LogP contribution < -0.4 is 15.5 Å². The van der Waals surface area contributed by atoms with Crippen LogP contribution in [0.15, 0.2) is 36.5 Å². The molecular weight excluding hydrogens is 371 g/mol. The summed E-state index contributed by atoms with van der Waals surface area (Å²) in [5, 5.41) is 6.26. The Balaban J connectivity index is 1.53. The van der Waals surface area contributed by atoms with Crippen molar-refractivity contribution in [1.82, 2.24) is 10.3 Å². The van der Waals surface area contributed by atoms with E-state index in [9.17, 15) is 9.18 Å². The van der Waals surface area contributed by atoms with Gasteiger partial charge in [0.05, 0.1) is 17.2 Å². The maximum Gasteiger partial charge on any atom is 0.252 e. The van der Waals surface area contributed by atoms with Gasteiger partial charge in [0.1, 0.15) is 11.6 Å². The topological polar surface area (TPSA) is 66.5 Å². The second-order valence-corrected chi connectivity index (χ2v) is 6.76. The number of hydrogen-bond acceptors (Lipinski definition) is 5. The highest BCUT2D eigenvalue weighted by molar-refractivity contribution is 6.31. The van der Waals surface area contributed by atoms with Crippen LogP contribution in [0.3, 0.4) is 0 Å². The molecule has 3 rings (SSSR count). The molecule has 1 aliphatic rings. The number of methoxy groups -OCH3 is 1. The maximum atomic E-state index is 13.3. The second kappa shape index (κ2) is 9.01. The third kappa shape index (κ3) is 5.08. The quantitative estimate of drug-likeness (QED) is 0.709. The van der Waals surface area contributed by atoms with Crippen molar-refractivity contribution >= 4 is 29.0 Å². The number of halogens is 2. The third-order valence-electron chi connectivity index (χ3n) is 4.43. The summed E-state index contributed by atoms with van der Waals surface area (Å²) in [7, 11) is 1.59. The number of benzene rings is 1. The minimum Gasteiger partial charge on any atom is -0.383 e. The van der Waals surface area contributed by atoms with E-state index in [1.165, 1.54) is 6.07 Å². The molecule has 1 fully saturated rings. The van der Waals surface area contributed by atoms with Gasteiger partial charge in [0, 0.05) is 44.7 Å². The molecule has 0 bridgehead atoms. The Hall–Kier alpha value is -2.38. The number of ether oxygens (including phenoxy) is 1. The van der Waals surface area contributed by atoms with Gasteiger partial charge in [-0.15, -0.1) is 0 Å². The first-order valence-electron chi connectivity index (χ1n) is 8.76. The van der Waals surface area contributed by atoms with Crippen molar-refractivity contribution in [3.05, 3.63) is 52.9 Å². The minimum absolute atomic E-state index is 0.130. The summed E-state index contributed by atoms with van der Waals surface area (Å²) in [6, 6.07) is 8.51. The molecule has 0 aliphatic carbocycles. The summed E-state index contributed by atoms with van der Waals surface area (Å²) in [5.41, 5.74) is 1.41. The third-order valence-corrected chi connectivity index (χ3v) is 4.72. The lowest BCUT2D eigenvalue weighted by Gasteiger charge is -2.19. The fourth-order valence-corrected chi connectivity index (χ4v) is 3.16. The predicted octanol–water partition coefficient (Wildman–Crippen LogP) is 2.94. The molecular formula is C19H22ClFN4O2. The largest absolute Gasteiger partial charge is 0.383 e. The Labute approximate surface area is 162 Å². The number of rotatable bonds is 7. The number of carbonyl (C=O) groups is 1. The predicted molar refractivity (Wildman–Crippen MR) is 104 cm³/mol. The summed E-state index contributed by atoms with van der Waals surface area (Å²) in [6.07, 6.45) is 2.48. The van der Waals surface area contributed by atoms with Crippen molar-refractivity contribution < 1.29 is 13.9 Å². The number of anilines is 2. The molecule has 0 spiro atoms. The molecule has 2 heterocycles. The van der Waals surface area contributed by atoms with Crippen molar-refractivity contribution in [3.63, 3.8) is 0 Å². The average molecular weight is 393 g/mol. The molecule has 6 nitrogen and oxygen atoms in total. The lowest BCUT2D eigenvalue weighted by Crippen LogP contribution is -2.27. The SMILES string of the molecule is COCCNC(=O)c1ccc(NC2CCN(c3ccc(F)c(Cl)c3)C2)nc1. The van der Waals surface area contributed by atoms with Crippen LogP contribution in [0.25, 0.3) is 0 Å². The zero-order valence-corrected chi connectivity index (χ0v) is 15.8. The van der Waals surface area contributed by atoms with Crippen LogP contribution >= 0.6 is 11.6 Å². The van der Waals surface area contributed by atoms with Gasteiger partial charge < -0.3 is 20.3 Å². The highest BCUT2D eigenvalue weighted by Crippen LogP contribution is 2.26. The van der Waals surface area contributed by atoms with E-state index in [1.54, 1.807) is 37.6 Å². The van der Waals surface area contributed by atoms with E-state index in [0.717, 1.165) is 25.2 Å². The van der Waals surface area contributed by atoms with Gasteiger partial charge in [0.2, 0.25) is 0 Å². The van der Waals surface area contributed by atoms with E-state index >= 15 is 0 Å². The average Bonchev–Trinajstić information content (AvgIpc) is 3.13. The molecule has 0 radical (unpaired) electrons. The van der Waals surface area contributed by atoms with Crippen molar-refractivity contribution in [2.24, 2.45) is 0 Å². The molecule has 1 unspecified atom stereocenters.